The Morgan fingerprint density at radius 1 is 1.00 bits per heavy atom. The highest BCUT2D eigenvalue weighted by atomic mass is 32.1. The van der Waals surface area contributed by atoms with Crippen LogP contribution in [-0.4, -0.2) is 60.9 Å². The minimum atomic E-state index is -3.91. The van der Waals surface area contributed by atoms with Crippen LogP contribution in [0.2, 0.25) is 0 Å². The summed E-state index contributed by atoms with van der Waals surface area (Å²) in [6, 6.07) is 8.13. The Morgan fingerprint density at radius 2 is 1.53 bits per heavy atom. The molecule has 11 nitrogen and oxygen atoms in total. The average molecular weight is 539 g/mol. The van der Waals surface area contributed by atoms with E-state index in [9.17, 15) is 24.4 Å². The summed E-state index contributed by atoms with van der Waals surface area (Å²) in [5, 5.41) is 22.6. The van der Waals surface area contributed by atoms with Crippen LogP contribution in [0.1, 0.15) is 51.5 Å². The van der Waals surface area contributed by atoms with E-state index in [4.69, 9.17) is 26.0 Å². The van der Waals surface area contributed by atoms with E-state index in [-0.39, 0.29) is 46.5 Å². The van der Waals surface area contributed by atoms with E-state index in [1.165, 1.54) is 49.7 Å². The van der Waals surface area contributed by atoms with Gasteiger partial charge in [0.25, 0.3) is 0 Å². The molecule has 0 amide bonds. The zero-order valence-electron chi connectivity index (χ0n) is 20.1. The van der Waals surface area contributed by atoms with Crippen molar-refractivity contribution in [2.75, 3.05) is 27.4 Å². The van der Waals surface area contributed by atoms with Crippen molar-refractivity contribution in [3.8, 4) is 11.5 Å². The summed E-state index contributed by atoms with van der Waals surface area (Å²) in [7, 11) is -1.56. The fourth-order valence-electron chi connectivity index (χ4n) is 3.08. The number of phenolic OH excluding ortho intramolecular Hbond substituents is 2. The van der Waals surface area contributed by atoms with Crippen LogP contribution in [0.4, 0.5) is 0 Å². The number of phenols is 2. The van der Waals surface area contributed by atoms with Crippen molar-refractivity contribution in [2.45, 2.75) is 19.6 Å². The molecule has 0 bridgehead atoms. The smallest absolute Gasteiger partial charge is 0.357 e. The van der Waals surface area contributed by atoms with Crippen molar-refractivity contribution in [1.82, 2.24) is 5.32 Å². The van der Waals surface area contributed by atoms with Crippen molar-refractivity contribution in [2.24, 2.45) is 4.99 Å². The molecule has 13 heteroatoms. The predicted molar refractivity (Wildman–Crippen MR) is 136 cm³/mol. The molecule has 0 radical (unpaired) electrons. The molecule has 0 aromatic heterocycles. The van der Waals surface area contributed by atoms with Gasteiger partial charge in [-0.05, 0) is 67.5 Å². The summed E-state index contributed by atoms with van der Waals surface area (Å²) < 4.78 is 34.0. The summed E-state index contributed by atoms with van der Waals surface area (Å²) in [6.07, 6.45) is 1.32. The molecule has 2 aromatic rings. The maximum Gasteiger partial charge on any atom is 0.357 e. The van der Waals surface area contributed by atoms with Crippen LogP contribution in [0.3, 0.4) is 0 Å². The summed E-state index contributed by atoms with van der Waals surface area (Å²) >= 11 is 5.31. The van der Waals surface area contributed by atoms with Crippen molar-refractivity contribution < 1.29 is 42.9 Å². The van der Waals surface area contributed by atoms with Crippen LogP contribution < -0.4 is 5.32 Å². The first-order valence-electron chi connectivity index (χ1n) is 10.7. The highest BCUT2D eigenvalue weighted by molar-refractivity contribution is 7.80. The molecule has 0 aliphatic rings. The lowest BCUT2D eigenvalue weighted by molar-refractivity contribution is 0.0588. The minimum Gasteiger partial charge on any atom is -0.507 e. The molecule has 0 heterocycles. The van der Waals surface area contributed by atoms with Gasteiger partial charge in [-0.1, -0.05) is 6.07 Å². The number of thiocarbonyl (C=S) groups is 1. The monoisotopic (exact) mass is 538 g/mol. The van der Waals surface area contributed by atoms with Gasteiger partial charge < -0.3 is 34.1 Å². The van der Waals surface area contributed by atoms with Gasteiger partial charge >= 0.3 is 19.5 Å². The number of carbonyl (C=O) groups excluding carboxylic acids is 2. The van der Waals surface area contributed by atoms with E-state index in [0.29, 0.717) is 5.56 Å². The lowest BCUT2D eigenvalue weighted by atomic mass is 10.1. The highest BCUT2D eigenvalue weighted by Gasteiger charge is 2.38. The van der Waals surface area contributed by atoms with Crippen molar-refractivity contribution >= 4 is 43.1 Å². The summed E-state index contributed by atoms with van der Waals surface area (Å²) in [5.74, 6) is -3.32. The number of carbonyl (C=O) groups is 2. The molecule has 0 fully saturated rings. The molecule has 0 saturated heterocycles. The molecule has 2 aromatic carbocycles. The van der Waals surface area contributed by atoms with Gasteiger partial charge in [-0.15, -0.1) is 0 Å². The number of methoxy groups -OCH3 is 2. The van der Waals surface area contributed by atoms with E-state index >= 15 is 0 Å². The topological polar surface area (TPSA) is 153 Å². The van der Waals surface area contributed by atoms with Gasteiger partial charge in [0, 0.05) is 6.21 Å². The highest BCUT2D eigenvalue weighted by Crippen LogP contribution is 2.59. The first-order chi connectivity index (χ1) is 17.1. The molecule has 0 saturated carbocycles. The molecule has 2 rings (SSSR count). The number of aromatic hydroxyl groups is 2. The molecule has 36 heavy (non-hydrogen) atoms. The number of aliphatic imine (C=N–C) groups is 1. The Labute approximate surface area is 213 Å². The van der Waals surface area contributed by atoms with Crippen LogP contribution in [0, 0.1) is 0 Å². The molecule has 0 spiro atoms. The molecule has 0 aliphatic heterocycles. The second kappa shape index (κ2) is 13.1. The fourth-order valence-corrected chi connectivity index (χ4v) is 5.24. The average Bonchev–Trinajstić information content (AvgIpc) is 2.86. The Morgan fingerprint density at radius 3 is 2.06 bits per heavy atom. The Balaban J connectivity index is 2.44. The van der Waals surface area contributed by atoms with E-state index in [1.807, 2.05) is 0 Å². The standard InChI is InChI=1S/C23H27N2O9PS/c1-5-33-35(30,34-6-2)20(15-8-10-19(27)17(12-15)22(29)32-4)25-23(36)24-13-14-7-9-18(26)16(11-14)21(28)31-3/h7-13,20,26-27H,5-6H2,1-4H3,(H,25,36)/b24-13+. The van der Waals surface area contributed by atoms with E-state index in [2.05, 4.69) is 15.0 Å². The molecule has 1 unspecified atom stereocenters. The summed E-state index contributed by atoms with van der Waals surface area (Å²) in [4.78, 5) is 28.0. The number of rotatable bonds is 10. The third-order valence-electron chi connectivity index (χ3n) is 4.69. The van der Waals surface area contributed by atoms with Gasteiger partial charge in [0.1, 0.15) is 22.6 Å². The molecule has 3 N–H and O–H groups in total. The quantitative estimate of drug-likeness (QED) is 0.175. The first-order valence-corrected chi connectivity index (χ1v) is 12.7. The van der Waals surface area contributed by atoms with Crippen LogP contribution in [0.25, 0.3) is 0 Å². The lowest BCUT2D eigenvalue weighted by Crippen LogP contribution is -2.27. The van der Waals surface area contributed by atoms with E-state index in [1.54, 1.807) is 13.8 Å². The number of benzene rings is 2. The number of nitrogens with one attached hydrogen (secondary N) is 1. The predicted octanol–water partition coefficient (Wildman–Crippen LogP) is 3.93. The van der Waals surface area contributed by atoms with Gasteiger partial charge in [-0.3, -0.25) is 4.57 Å². The van der Waals surface area contributed by atoms with Crippen molar-refractivity contribution in [3.63, 3.8) is 0 Å². The maximum atomic E-state index is 13.7. The second-order valence-corrected chi connectivity index (χ2v) is 9.52. The second-order valence-electron chi connectivity index (χ2n) is 7.02. The van der Waals surface area contributed by atoms with Gasteiger partial charge in [0.15, 0.2) is 10.9 Å². The summed E-state index contributed by atoms with van der Waals surface area (Å²) in [5.41, 5.74) is 0.461. The largest absolute Gasteiger partial charge is 0.507 e. The van der Waals surface area contributed by atoms with Gasteiger partial charge in [-0.25, -0.2) is 14.6 Å². The normalized spacial score (nSPS) is 12.2. The zero-order valence-corrected chi connectivity index (χ0v) is 21.8. The number of nitrogens with zero attached hydrogens (tertiary/aromatic N) is 1. The van der Waals surface area contributed by atoms with Crippen LogP contribution in [0.15, 0.2) is 41.4 Å². The Bertz CT molecular complexity index is 1190. The number of ether oxygens (including phenoxy) is 2. The van der Waals surface area contributed by atoms with E-state index < -0.39 is 25.3 Å². The van der Waals surface area contributed by atoms with E-state index in [0.717, 1.165) is 7.11 Å². The van der Waals surface area contributed by atoms with Crippen molar-refractivity contribution in [3.05, 3.63) is 58.7 Å². The first kappa shape index (κ1) is 28.9. The Hall–Kier alpha value is -3.31. The molecule has 0 aliphatic carbocycles. The SMILES string of the molecule is CCOP(=O)(OCC)C(NC(=S)/N=C/c1ccc(O)c(C(=O)OC)c1)c1ccc(O)c(C(=O)OC)c1. The van der Waals surface area contributed by atoms with Gasteiger partial charge in [0.2, 0.25) is 0 Å². The third-order valence-corrected chi connectivity index (χ3v) is 7.21. The molecule has 1 atom stereocenters. The number of esters is 2. The fraction of sp³-hybridized carbons (Fsp3) is 0.304. The van der Waals surface area contributed by atoms with Gasteiger partial charge in [0.05, 0.1) is 27.4 Å². The van der Waals surface area contributed by atoms with Crippen LogP contribution in [0.5, 0.6) is 11.5 Å². The maximum absolute atomic E-state index is 13.7. The summed E-state index contributed by atoms with van der Waals surface area (Å²) in [6.45, 7) is 3.38. The van der Waals surface area contributed by atoms with Crippen LogP contribution >= 0.6 is 19.8 Å². The molecular formula is C23H27N2O9PS. The van der Waals surface area contributed by atoms with Gasteiger partial charge in [-0.2, -0.15) is 0 Å². The zero-order chi connectivity index (χ0) is 26.9. The number of hydrogen-bond acceptors (Lipinski definition) is 10. The molecular weight excluding hydrogens is 511 g/mol. The lowest BCUT2D eigenvalue weighted by Gasteiger charge is -2.27. The van der Waals surface area contributed by atoms with Crippen LogP contribution in [-0.2, 0) is 23.1 Å². The molecule has 194 valence electrons. The third kappa shape index (κ3) is 7.11. The minimum absolute atomic E-state index is 0.0528. The Kier molecular flexibility index (Phi) is 10.5. The van der Waals surface area contributed by atoms with Crippen molar-refractivity contribution in [1.29, 1.82) is 0 Å². The number of hydrogen-bond donors (Lipinski definition) is 3.